The minimum atomic E-state index is -0.543. The first-order valence-corrected chi connectivity index (χ1v) is 11.2. The van der Waals surface area contributed by atoms with Gasteiger partial charge < -0.3 is 14.4 Å². The molecule has 0 unspecified atom stereocenters. The van der Waals surface area contributed by atoms with Crippen LogP contribution in [-0.4, -0.2) is 51.1 Å². The van der Waals surface area contributed by atoms with Crippen molar-refractivity contribution in [2.75, 3.05) is 13.1 Å². The van der Waals surface area contributed by atoms with Crippen LogP contribution in [0.15, 0.2) is 60.8 Å². The quantitative estimate of drug-likeness (QED) is 0.421. The van der Waals surface area contributed by atoms with E-state index < -0.39 is 11.7 Å². The van der Waals surface area contributed by atoms with Gasteiger partial charge in [0, 0.05) is 42.8 Å². The van der Waals surface area contributed by atoms with Gasteiger partial charge in [-0.15, -0.1) is 0 Å². The first-order chi connectivity index (χ1) is 15.5. The van der Waals surface area contributed by atoms with E-state index in [4.69, 9.17) is 0 Å². The molecule has 166 valence electrons. The minimum absolute atomic E-state index is 0.0430. The Kier molecular flexibility index (Phi) is 6.40. The zero-order valence-corrected chi connectivity index (χ0v) is 18.7. The Hall–Kier alpha value is -3.41. The maximum atomic E-state index is 13.4. The molecule has 1 saturated heterocycles. The van der Waals surface area contributed by atoms with E-state index in [-0.39, 0.29) is 18.5 Å². The predicted molar refractivity (Wildman–Crippen MR) is 124 cm³/mol. The fraction of sp³-hybridized carbons (Fsp3) is 0.346. The summed E-state index contributed by atoms with van der Waals surface area (Å²) in [5.41, 5.74) is 2.11. The summed E-state index contributed by atoms with van der Waals surface area (Å²) < 4.78 is 1.80. The molecule has 1 aliphatic rings. The largest absolute Gasteiger partial charge is 0.341 e. The summed E-state index contributed by atoms with van der Waals surface area (Å²) in [5, 5.41) is 0.698. The predicted octanol–water partition coefficient (Wildman–Crippen LogP) is 3.88. The standard InChI is InChI=1S/C26H29N3O3/c1-19(2)29(16-20-10-4-3-5-11-20)26(32)25(31)22-17-28(23-13-7-6-12-21(22)23)18-24(30)27-14-8-9-15-27/h3-7,10-13,17,19H,8-9,14-16,18H2,1-2H3. The van der Waals surface area contributed by atoms with Gasteiger partial charge in [0.1, 0.15) is 6.54 Å². The Bertz CT molecular complexity index is 1130. The average Bonchev–Trinajstić information content (AvgIpc) is 3.46. The molecule has 1 aliphatic heterocycles. The molecule has 0 saturated carbocycles. The molecule has 2 amide bonds. The summed E-state index contributed by atoms with van der Waals surface area (Å²) in [4.78, 5) is 42.8. The number of Topliss-reactive ketones (excluding diaryl/α,β-unsaturated/α-hetero) is 1. The van der Waals surface area contributed by atoms with E-state index in [1.165, 1.54) is 0 Å². The van der Waals surface area contributed by atoms with Gasteiger partial charge >= 0.3 is 0 Å². The van der Waals surface area contributed by atoms with Crippen molar-refractivity contribution in [3.63, 3.8) is 0 Å². The van der Waals surface area contributed by atoms with E-state index in [1.54, 1.807) is 15.7 Å². The molecule has 0 N–H and O–H groups in total. The van der Waals surface area contributed by atoms with Crippen LogP contribution in [0.25, 0.3) is 10.9 Å². The summed E-state index contributed by atoms with van der Waals surface area (Å²) in [6.45, 7) is 5.92. The van der Waals surface area contributed by atoms with Gasteiger partial charge in [-0.3, -0.25) is 14.4 Å². The molecular formula is C26H29N3O3. The molecule has 0 radical (unpaired) electrons. The Labute approximate surface area is 188 Å². The molecular weight excluding hydrogens is 402 g/mol. The summed E-state index contributed by atoms with van der Waals surface area (Å²) in [6.07, 6.45) is 3.73. The van der Waals surface area contributed by atoms with Crippen molar-refractivity contribution in [3.8, 4) is 0 Å². The maximum Gasteiger partial charge on any atom is 0.295 e. The zero-order chi connectivity index (χ0) is 22.7. The molecule has 0 atom stereocenters. The number of amides is 2. The fourth-order valence-electron chi connectivity index (χ4n) is 4.29. The normalized spacial score (nSPS) is 13.7. The second-order valence-electron chi connectivity index (χ2n) is 8.62. The molecule has 1 fully saturated rings. The number of rotatable bonds is 7. The number of hydrogen-bond acceptors (Lipinski definition) is 3. The van der Waals surface area contributed by atoms with Crippen LogP contribution in [-0.2, 0) is 22.7 Å². The second kappa shape index (κ2) is 9.39. The molecule has 0 bridgehead atoms. The summed E-state index contributed by atoms with van der Waals surface area (Å²) in [6, 6.07) is 17.0. The van der Waals surface area contributed by atoms with Crippen LogP contribution in [0.3, 0.4) is 0 Å². The number of aromatic nitrogens is 1. The Morgan fingerprint density at radius 3 is 2.28 bits per heavy atom. The first kappa shape index (κ1) is 21.8. The molecule has 1 aromatic heterocycles. The minimum Gasteiger partial charge on any atom is -0.341 e. The van der Waals surface area contributed by atoms with Gasteiger partial charge in [0.25, 0.3) is 11.7 Å². The van der Waals surface area contributed by atoms with E-state index in [0.29, 0.717) is 17.5 Å². The van der Waals surface area contributed by atoms with Crippen molar-refractivity contribution >= 4 is 28.5 Å². The van der Waals surface area contributed by atoms with E-state index in [0.717, 1.165) is 37.0 Å². The molecule has 0 aliphatic carbocycles. The topological polar surface area (TPSA) is 62.6 Å². The highest BCUT2D eigenvalue weighted by molar-refractivity contribution is 6.44. The van der Waals surface area contributed by atoms with Gasteiger partial charge in [-0.25, -0.2) is 0 Å². The van der Waals surface area contributed by atoms with Crippen molar-refractivity contribution < 1.29 is 14.4 Å². The number of benzene rings is 2. The van der Waals surface area contributed by atoms with Crippen molar-refractivity contribution in [3.05, 3.63) is 71.9 Å². The number of carbonyl (C=O) groups is 3. The average molecular weight is 432 g/mol. The lowest BCUT2D eigenvalue weighted by Crippen LogP contribution is -2.40. The molecule has 32 heavy (non-hydrogen) atoms. The van der Waals surface area contributed by atoms with E-state index in [9.17, 15) is 14.4 Å². The first-order valence-electron chi connectivity index (χ1n) is 11.2. The van der Waals surface area contributed by atoms with Crippen LogP contribution < -0.4 is 0 Å². The Balaban J connectivity index is 1.62. The number of hydrogen-bond donors (Lipinski definition) is 0. The van der Waals surface area contributed by atoms with Gasteiger partial charge in [-0.05, 0) is 38.3 Å². The summed E-state index contributed by atoms with van der Waals surface area (Å²) in [5.74, 6) is -1.03. The van der Waals surface area contributed by atoms with Crippen LogP contribution in [0, 0.1) is 0 Å². The third-order valence-corrected chi connectivity index (χ3v) is 6.07. The number of nitrogens with zero attached hydrogens (tertiary/aromatic N) is 3. The monoisotopic (exact) mass is 431 g/mol. The van der Waals surface area contributed by atoms with Crippen LogP contribution in [0.4, 0.5) is 0 Å². The lowest BCUT2D eigenvalue weighted by atomic mass is 10.1. The molecule has 6 heteroatoms. The number of ketones is 1. The number of para-hydroxylation sites is 1. The second-order valence-corrected chi connectivity index (χ2v) is 8.62. The molecule has 6 nitrogen and oxygen atoms in total. The van der Waals surface area contributed by atoms with E-state index in [1.807, 2.05) is 73.3 Å². The van der Waals surface area contributed by atoms with Gasteiger partial charge in [-0.2, -0.15) is 0 Å². The lowest BCUT2D eigenvalue weighted by molar-refractivity contribution is -0.130. The maximum absolute atomic E-state index is 13.4. The molecule has 0 spiro atoms. The van der Waals surface area contributed by atoms with Crippen LogP contribution in [0.5, 0.6) is 0 Å². The van der Waals surface area contributed by atoms with Gasteiger partial charge in [-0.1, -0.05) is 48.5 Å². The zero-order valence-electron chi connectivity index (χ0n) is 18.7. The van der Waals surface area contributed by atoms with Crippen molar-refractivity contribution in [2.24, 2.45) is 0 Å². The van der Waals surface area contributed by atoms with Crippen molar-refractivity contribution in [2.45, 2.75) is 45.8 Å². The highest BCUT2D eigenvalue weighted by Gasteiger charge is 2.29. The smallest absolute Gasteiger partial charge is 0.295 e. The van der Waals surface area contributed by atoms with Crippen molar-refractivity contribution in [1.82, 2.24) is 14.4 Å². The molecule has 2 heterocycles. The Morgan fingerprint density at radius 2 is 1.59 bits per heavy atom. The van der Waals surface area contributed by atoms with E-state index in [2.05, 4.69) is 0 Å². The van der Waals surface area contributed by atoms with Gasteiger partial charge in [0.05, 0.1) is 5.56 Å². The van der Waals surface area contributed by atoms with Crippen LogP contribution in [0.1, 0.15) is 42.6 Å². The third kappa shape index (κ3) is 4.44. The SMILES string of the molecule is CC(C)N(Cc1ccccc1)C(=O)C(=O)c1cn(CC(=O)N2CCCC2)c2ccccc12. The van der Waals surface area contributed by atoms with Crippen LogP contribution in [0.2, 0.25) is 0 Å². The number of carbonyl (C=O) groups excluding carboxylic acids is 3. The summed E-state index contributed by atoms with van der Waals surface area (Å²) >= 11 is 0. The van der Waals surface area contributed by atoms with E-state index >= 15 is 0 Å². The lowest BCUT2D eigenvalue weighted by Gasteiger charge is -2.26. The molecule has 4 rings (SSSR count). The molecule has 2 aromatic carbocycles. The number of likely N-dealkylation sites (tertiary alicyclic amines) is 1. The highest BCUT2D eigenvalue weighted by Crippen LogP contribution is 2.24. The van der Waals surface area contributed by atoms with Gasteiger partial charge in [0.2, 0.25) is 5.91 Å². The third-order valence-electron chi connectivity index (χ3n) is 6.07. The van der Waals surface area contributed by atoms with Gasteiger partial charge in [0.15, 0.2) is 0 Å². The van der Waals surface area contributed by atoms with Crippen molar-refractivity contribution in [1.29, 1.82) is 0 Å². The molecule has 3 aromatic rings. The summed E-state index contributed by atoms with van der Waals surface area (Å²) in [7, 11) is 0. The highest BCUT2D eigenvalue weighted by atomic mass is 16.2. The number of fused-ring (bicyclic) bond motifs is 1. The fourth-order valence-corrected chi connectivity index (χ4v) is 4.29. The van der Waals surface area contributed by atoms with Crippen LogP contribution >= 0.6 is 0 Å². The Morgan fingerprint density at radius 1 is 0.938 bits per heavy atom.